The standard InChI is InChI=1S/C12H17BO3/c1-14-13(11-5-3-2-4-6-11)16-12-7-9-15-10-8-12/h2-6,12H,7-10H2,1H3. The van der Waals surface area contributed by atoms with Gasteiger partial charge in [-0.1, -0.05) is 30.3 Å². The number of rotatable bonds is 4. The number of benzene rings is 1. The van der Waals surface area contributed by atoms with Crippen LogP contribution in [0, 0.1) is 0 Å². The Morgan fingerprint density at radius 1 is 1.19 bits per heavy atom. The molecule has 0 aromatic heterocycles. The molecule has 86 valence electrons. The molecule has 0 spiro atoms. The van der Waals surface area contributed by atoms with Gasteiger partial charge in [0.25, 0.3) is 0 Å². The third-order valence-corrected chi connectivity index (χ3v) is 2.77. The van der Waals surface area contributed by atoms with E-state index >= 15 is 0 Å². The molecule has 1 aromatic rings. The van der Waals surface area contributed by atoms with Gasteiger partial charge in [-0.05, 0) is 18.3 Å². The van der Waals surface area contributed by atoms with Gasteiger partial charge in [0.1, 0.15) is 0 Å². The lowest BCUT2D eigenvalue weighted by molar-refractivity contribution is 0.0167. The van der Waals surface area contributed by atoms with Crippen molar-refractivity contribution < 1.29 is 14.0 Å². The van der Waals surface area contributed by atoms with Crippen molar-refractivity contribution in [2.24, 2.45) is 0 Å². The van der Waals surface area contributed by atoms with Crippen LogP contribution in [0.2, 0.25) is 0 Å². The van der Waals surface area contributed by atoms with E-state index in [2.05, 4.69) is 0 Å². The van der Waals surface area contributed by atoms with Gasteiger partial charge in [-0.3, -0.25) is 0 Å². The zero-order chi connectivity index (χ0) is 11.2. The molecule has 0 N–H and O–H groups in total. The Balaban J connectivity index is 1.94. The Morgan fingerprint density at radius 3 is 2.50 bits per heavy atom. The average molecular weight is 220 g/mol. The molecule has 1 saturated heterocycles. The van der Waals surface area contributed by atoms with Crippen LogP contribution in [-0.4, -0.2) is 33.5 Å². The summed E-state index contributed by atoms with van der Waals surface area (Å²) in [5.41, 5.74) is 1.07. The van der Waals surface area contributed by atoms with Crippen molar-refractivity contribution >= 4 is 12.6 Å². The Kier molecular flexibility index (Phi) is 4.39. The summed E-state index contributed by atoms with van der Waals surface area (Å²) in [6, 6.07) is 10.0. The zero-order valence-electron chi connectivity index (χ0n) is 9.59. The lowest BCUT2D eigenvalue weighted by Crippen LogP contribution is -2.40. The fraction of sp³-hybridized carbons (Fsp3) is 0.500. The van der Waals surface area contributed by atoms with E-state index in [0.29, 0.717) is 0 Å². The minimum atomic E-state index is -0.260. The first-order valence-corrected chi connectivity index (χ1v) is 5.71. The Hall–Kier alpha value is -0.835. The molecule has 0 unspecified atom stereocenters. The molecule has 0 saturated carbocycles. The smallest absolute Gasteiger partial charge is 0.410 e. The van der Waals surface area contributed by atoms with Crippen LogP contribution >= 0.6 is 0 Å². The number of hydrogen-bond acceptors (Lipinski definition) is 3. The van der Waals surface area contributed by atoms with E-state index in [0.717, 1.165) is 31.5 Å². The molecule has 16 heavy (non-hydrogen) atoms. The van der Waals surface area contributed by atoms with E-state index in [9.17, 15) is 0 Å². The predicted octanol–water partition coefficient (Wildman–Crippen LogP) is 1.22. The van der Waals surface area contributed by atoms with E-state index in [4.69, 9.17) is 14.0 Å². The molecule has 4 heteroatoms. The minimum Gasteiger partial charge on any atom is -0.410 e. The van der Waals surface area contributed by atoms with Crippen molar-refractivity contribution in [2.45, 2.75) is 18.9 Å². The highest BCUT2D eigenvalue weighted by atomic mass is 16.6. The molecule has 1 heterocycles. The third-order valence-electron chi connectivity index (χ3n) is 2.77. The van der Waals surface area contributed by atoms with Crippen LogP contribution in [0.5, 0.6) is 0 Å². The molecule has 1 fully saturated rings. The molecule has 1 aliphatic heterocycles. The SMILES string of the molecule is COB(OC1CCOCC1)c1ccccc1. The van der Waals surface area contributed by atoms with Gasteiger partial charge in [0.05, 0.1) is 0 Å². The predicted molar refractivity (Wildman–Crippen MR) is 63.8 cm³/mol. The van der Waals surface area contributed by atoms with Crippen LogP contribution in [-0.2, 0) is 14.0 Å². The topological polar surface area (TPSA) is 27.7 Å². The highest BCUT2D eigenvalue weighted by Gasteiger charge is 2.25. The summed E-state index contributed by atoms with van der Waals surface area (Å²) >= 11 is 0. The summed E-state index contributed by atoms with van der Waals surface area (Å²) < 4.78 is 16.6. The molecule has 1 aromatic carbocycles. The van der Waals surface area contributed by atoms with Gasteiger partial charge in [0.15, 0.2) is 0 Å². The first kappa shape index (κ1) is 11.6. The first-order chi connectivity index (χ1) is 7.90. The molecule has 0 aliphatic carbocycles. The van der Waals surface area contributed by atoms with Crippen LogP contribution in [0.15, 0.2) is 30.3 Å². The van der Waals surface area contributed by atoms with Crippen LogP contribution in [0.4, 0.5) is 0 Å². The lowest BCUT2D eigenvalue weighted by atomic mass is 9.78. The molecule has 3 nitrogen and oxygen atoms in total. The summed E-state index contributed by atoms with van der Waals surface area (Å²) in [5, 5.41) is 0. The molecular weight excluding hydrogens is 203 g/mol. The summed E-state index contributed by atoms with van der Waals surface area (Å²) in [6.07, 6.45) is 2.15. The summed E-state index contributed by atoms with van der Waals surface area (Å²) in [7, 11) is 1.42. The van der Waals surface area contributed by atoms with Gasteiger partial charge < -0.3 is 14.0 Å². The van der Waals surface area contributed by atoms with Crippen molar-refractivity contribution in [1.82, 2.24) is 0 Å². The second-order valence-electron chi connectivity index (χ2n) is 3.93. The maximum Gasteiger partial charge on any atom is 0.493 e. The molecule has 0 radical (unpaired) electrons. The second kappa shape index (κ2) is 6.04. The Morgan fingerprint density at radius 2 is 1.88 bits per heavy atom. The fourth-order valence-electron chi connectivity index (χ4n) is 1.87. The van der Waals surface area contributed by atoms with Crippen molar-refractivity contribution in [2.75, 3.05) is 20.3 Å². The quantitative estimate of drug-likeness (QED) is 0.714. The lowest BCUT2D eigenvalue weighted by Gasteiger charge is -2.25. The average Bonchev–Trinajstić information content (AvgIpc) is 2.38. The van der Waals surface area contributed by atoms with Crippen LogP contribution in [0.3, 0.4) is 0 Å². The van der Waals surface area contributed by atoms with Gasteiger partial charge in [-0.15, -0.1) is 0 Å². The monoisotopic (exact) mass is 220 g/mol. The molecule has 2 rings (SSSR count). The van der Waals surface area contributed by atoms with Crippen molar-refractivity contribution in [1.29, 1.82) is 0 Å². The first-order valence-electron chi connectivity index (χ1n) is 5.71. The van der Waals surface area contributed by atoms with Gasteiger partial charge in [0.2, 0.25) is 0 Å². The van der Waals surface area contributed by atoms with E-state index in [1.54, 1.807) is 7.11 Å². The van der Waals surface area contributed by atoms with E-state index in [1.165, 1.54) is 0 Å². The summed E-state index contributed by atoms with van der Waals surface area (Å²) in [4.78, 5) is 0. The van der Waals surface area contributed by atoms with Gasteiger partial charge in [-0.25, -0.2) is 0 Å². The normalized spacial score (nSPS) is 17.3. The summed E-state index contributed by atoms with van der Waals surface area (Å²) in [5.74, 6) is 0. The molecule has 0 amide bonds. The fourth-order valence-corrected chi connectivity index (χ4v) is 1.87. The van der Waals surface area contributed by atoms with E-state index in [1.807, 2.05) is 30.3 Å². The van der Waals surface area contributed by atoms with Crippen molar-refractivity contribution in [3.8, 4) is 0 Å². The van der Waals surface area contributed by atoms with Crippen LogP contribution in [0.25, 0.3) is 0 Å². The zero-order valence-corrected chi connectivity index (χ0v) is 9.59. The Bertz CT molecular complexity index is 298. The maximum atomic E-state index is 5.92. The molecule has 1 aliphatic rings. The largest absolute Gasteiger partial charge is 0.493 e. The van der Waals surface area contributed by atoms with Gasteiger partial charge in [0, 0.05) is 26.4 Å². The molecule has 0 atom stereocenters. The van der Waals surface area contributed by atoms with Gasteiger partial charge in [-0.2, -0.15) is 0 Å². The van der Waals surface area contributed by atoms with Crippen molar-refractivity contribution in [3.05, 3.63) is 30.3 Å². The van der Waals surface area contributed by atoms with E-state index in [-0.39, 0.29) is 13.2 Å². The van der Waals surface area contributed by atoms with Crippen LogP contribution < -0.4 is 5.46 Å². The summed E-state index contributed by atoms with van der Waals surface area (Å²) in [6.45, 7) is 1.58. The maximum absolute atomic E-state index is 5.92. The molecular formula is C12H17BO3. The highest BCUT2D eigenvalue weighted by molar-refractivity contribution is 6.61. The number of hydrogen-bond donors (Lipinski definition) is 0. The Labute approximate surface area is 96.8 Å². The van der Waals surface area contributed by atoms with Crippen LogP contribution in [0.1, 0.15) is 12.8 Å². The van der Waals surface area contributed by atoms with Crippen molar-refractivity contribution in [3.63, 3.8) is 0 Å². The minimum absolute atomic E-state index is 0.249. The second-order valence-corrected chi connectivity index (χ2v) is 3.93. The third kappa shape index (κ3) is 3.08. The van der Waals surface area contributed by atoms with Gasteiger partial charge >= 0.3 is 7.12 Å². The number of ether oxygens (including phenoxy) is 1. The van der Waals surface area contributed by atoms with E-state index < -0.39 is 0 Å². The molecule has 0 bridgehead atoms. The highest BCUT2D eigenvalue weighted by Crippen LogP contribution is 2.11.